The quantitative estimate of drug-likeness (QED) is 0.689. The molecule has 0 aliphatic carbocycles. The van der Waals surface area contributed by atoms with Crippen molar-refractivity contribution in [3.05, 3.63) is 17.2 Å². The Labute approximate surface area is 110 Å². The van der Waals surface area contributed by atoms with Gasteiger partial charge in [-0.15, -0.1) is 0 Å². The van der Waals surface area contributed by atoms with Crippen molar-refractivity contribution in [3.63, 3.8) is 0 Å². The highest BCUT2D eigenvalue weighted by atomic mass is 16.7. The number of quaternary nitrogens is 1. The van der Waals surface area contributed by atoms with E-state index < -0.39 is 12.0 Å². The first-order chi connectivity index (χ1) is 9.13. The summed E-state index contributed by atoms with van der Waals surface area (Å²) < 4.78 is 16.1. The van der Waals surface area contributed by atoms with E-state index >= 15 is 0 Å². The standard InChI is InChI=1S/C13H15NO5/c1-14-4-3-7-5-8-11(19-6-18-8)12(17-2)9(7)10(14)13(15)16/h5,10H,3-4,6H2,1-2H3,(H,15,16). The minimum absolute atomic E-state index is 0.132. The van der Waals surface area contributed by atoms with Gasteiger partial charge in [0, 0.05) is 6.42 Å². The van der Waals surface area contributed by atoms with E-state index in [-0.39, 0.29) is 6.79 Å². The molecule has 2 atom stereocenters. The summed E-state index contributed by atoms with van der Waals surface area (Å²) in [6.07, 6.45) is 0.776. The van der Waals surface area contributed by atoms with Crippen LogP contribution in [0, 0.1) is 0 Å². The second-order valence-electron chi connectivity index (χ2n) is 4.81. The minimum atomic E-state index is -1.10. The Morgan fingerprint density at radius 2 is 2.32 bits per heavy atom. The molecule has 0 amide bonds. The van der Waals surface area contributed by atoms with Crippen molar-refractivity contribution in [1.29, 1.82) is 0 Å². The minimum Gasteiger partial charge on any atom is -0.544 e. The summed E-state index contributed by atoms with van der Waals surface area (Å²) in [5, 5.41) is 11.4. The Kier molecular flexibility index (Phi) is 2.74. The predicted molar refractivity (Wildman–Crippen MR) is 62.3 cm³/mol. The fourth-order valence-electron chi connectivity index (χ4n) is 2.84. The van der Waals surface area contributed by atoms with Crippen molar-refractivity contribution in [2.75, 3.05) is 27.5 Å². The lowest BCUT2D eigenvalue weighted by molar-refractivity contribution is -0.907. The number of carboxylic acid groups (broad SMARTS) is 1. The molecule has 6 heteroatoms. The number of carboxylic acids is 1. The number of carbonyl (C=O) groups excluding carboxylic acids is 1. The zero-order chi connectivity index (χ0) is 13.6. The highest BCUT2D eigenvalue weighted by molar-refractivity contribution is 5.76. The van der Waals surface area contributed by atoms with Crippen LogP contribution in [-0.2, 0) is 11.2 Å². The third-order valence-corrected chi connectivity index (χ3v) is 3.75. The average Bonchev–Trinajstić information content (AvgIpc) is 2.83. The Morgan fingerprint density at radius 3 is 3.00 bits per heavy atom. The third kappa shape index (κ3) is 1.71. The fourth-order valence-corrected chi connectivity index (χ4v) is 2.84. The molecule has 0 aromatic heterocycles. The lowest BCUT2D eigenvalue weighted by Crippen LogP contribution is -3.11. The highest BCUT2D eigenvalue weighted by Crippen LogP contribution is 2.47. The number of ether oxygens (including phenoxy) is 3. The van der Waals surface area contributed by atoms with Crippen molar-refractivity contribution < 1.29 is 29.0 Å². The number of likely N-dealkylation sites (N-methyl/N-ethyl adjacent to an activating group) is 1. The molecule has 2 aliphatic heterocycles. The summed E-state index contributed by atoms with van der Waals surface area (Å²) in [7, 11) is 3.35. The molecule has 6 nitrogen and oxygen atoms in total. The summed E-state index contributed by atoms with van der Waals surface area (Å²) in [6.45, 7) is 0.863. The molecule has 0 saturated carbocycles. The van der Waals surface area contributed by atoms with Gasteiger partial charge in [0.1, 0.15) is 5.97 Å². The topological polar surface area (TPSA) is 72.3 Å². The van der Waals surface area contributed by atoms with E-state index in [1.165, 1.54) is 7.11 Å². The molecular formula is C13H15NO5. The van der Waals surface area contributed by atoms with Crippen LogP contribution in [0.5, 0.6) is 17.2 Å². The largest absolute Gasteiger partial charge is 0.544 e. The number of fused-ring (bicyclic) bond motifs is 2. The van der Waals surface area contributed by atoms with E-state index in [0.717, 1.165) is 23.4 Å². The number of aliphatic carboxylic acids is 1. The fraction of sp³-hybridized carbons (Fsp3) is 0.462. The van der Waals surface area contributed by atoms with Gasteiger partial charge in [0.2, 0.25) is 12.5 Å². The van der Waals surface area contributed by atoms with Crippen LogP contribution >= 0.6 is 0 Å². The van der Waals surface area contributed by atoms with Crippen molar-refractivity contribution in [1.82, 2.24) is 0 Å². The molecule has 102 valence electrons. The first kappa shape index (κ1) is 12.1. The molecule has 2 heterocycles. The predicted octanol–water partition coefficient (Wildman–Crippen LogP) is -1.71. The van der Waals surface area contributed by atoms with E-state index in [2.05, 4.69) is 0 Å². The van der Waals surface area contributed by atoms with Crippen LogP contribution in [-0.4, -0.2) is 33.5 Å². The van der Waals surface area contributed by atoms with E-state index in [1.54, 1.807) is 0 Å². The Hall–Kier alpha value is -1.95. The Bertz CT molecular complexity index is 542. The number of hydrogen-bond donors (Lipinski definition) is 1. The zero-order valence-electron chi connectivity index (χ0n) is 10.8. The summed E-state index contributed by atoms with van der Waals surface area (Å²) in [6, 6.07) is 1.11. The third-order valence-electron chi connectivity index (χ3n) is 3.75. The molecule has 3 rings (SSSR count). The summed E-state index contributed by atoms with van der Waals surface area (Å²) in [5.74, 6) is 0.461. The maximum Gasteiger partial charge on any atom is 0.231 e. The first-order valence-corrected chi connectivity index (χ1v) is 6.16. The Morgan fingerprint density at radius 1 is 1.53 bits per heavy atom. The molecule has 0 radical (unpaired) electrons. The number of rotatable bonds is 2. The van der Waals surface area contributed by atoms with Gasteiger partial charge < -0.3 is 29.0 Å². The van der Waals surface area contributed by atoms with Crippen LogP contribution in [0.3, 0.4) is 0 Å². The maximum absolute atomic E-state index is 11.4. The van der Waals surface area contributed by atoms with Crippen molar-refractivity contribution in [2.24, 2.45) is 0 Å². The average molecular weight is 265 g/mol. The van der Waals surface area contributed by atoms with Crippen LogP contribution in [0.4, 0.5) is 0 Å². The van der Waals surface area contributed by atoms with Gasteiger partial charge in [-0.25, -0.2) is 0 Å². The lowest BCUT2D eigenvalue weighted by Gasteiger charge is -2.33. The van der Waals surface area contributed by atoms with E-state index in [9.17, 15) is 9.90 Å². The van der Waals surface area contributed by atoms with Gasteiger partial charge in [-0.3, -0.25) is 0 Å². The number of methoxy groups -OCH3 is 1. The molecule has 0 fully saturated rings. The summed E-state index contributed by atoms with van der Waals surface area (Å²) >= 11 is 0. The van der Waals surface area contributed by atoms with Gasteiger partial charge in [-0.2, -0.15) is 0 Å². The molecule has 2 unspecified atom stereocenters. The SMILES string of the molecule is COc1c2c(cc3c1C(C(=O)[O-])[NH+](C)CC3)OCO2. The van der Waals surface area contributed by atoms with Gasteiger partial charge in [0.25, 0.3) is 0 Å². The first-order valence-electron chi connectivity index (χ1n) is 6.16. The zero-order valence-corrected chi connectivity index (χ0v) is 10.8. The van der Waals surface area contributed by atoms with Crippen LogP contribution in [0.15, 0.2) is 6.07 Å². The molecule has 0 saturated heterocycles. The molecule has 1 aromatic carbocycles. The molecule has 1 aromatic rings. The van der Waals surface area contributed by atoms with Gasteiger partial charge in [0.05, 0.1) is 26.3 Å². The molecular weight excluding hydrogens is 250 g/mol. The second kappa shape index (κ2) is 4.31. The van der Waals surface area contributed by atoms with Gasteiger partial charge >= 0.3 is 0 Å². The lowest BCUT2D eigenvalue weighted by atomic mass is 9.91. The molecule has 1 N–H and O–H groups in total. The molecule has 19 heavy (non-hydrogen) atoms. The second-order valence-corrected chi connectivity index (χ2v) is 4.81. The van der Waals surface area contributed by atoms with Crippen LogP contribution in [0.2, 0.25) is 0 Å². The molecule has 0 spiro atoms. The normalized spacial score (nSPS) is 23.9. The van der Waals surface area contributed by atoms with Crippen molar-refractivity contribution >= 4 is 5.97 Å². The molecule has 2 aliphatic rings. The smallest absolute Gasteiger partial charge is 0.231 e. The monoisotopic (exact) mass is 265 g/mol. The summed E-state index contributed by atoms with van der Waals surface area (Å²) in [4.78, 5) is 12.3. The summed E-state index contributed by atoms with van der Waals surface area (Å²) in [5.41, 5.74) is 1.58. The van der Waals surface area contributed by atoms with Gasteiger partial charge in [0.15, 0.2) is 17.5 Å². The number of carbonyl (C=O) groups is 1. The number of nitrogens with one attached hydrogen (secondary N) is 1. The van der Waals surface area contributed by atoms with Crippen molar-refractivity contribution in [3.8, 4) is 17.2 Å². The molecule has 0 bridgehead atoms. The van der Waals surface area contributed by atoms with Crippen LogP contribution in [0.25, 0.3) is 0 Å². The van der Waals surface area contributed by atoms with E-state index in [0.29, 0.717) is 22.8 Å². The number of hydrogen-bond acceptors (Lipinski definition) is 5. The van der Waals surface area contributed by atoms with Crippen LogP contribution in [0.1, 0.15) is 17.2 Å². The van der Waals surface area contributed by atoms with Gasteiger partial charge in [-0.05, 0) is 11.6 Å². The van der Waals surface area contributed by atoms with Crippen molar-refractivity contribution in [2.45, 2.75) is 12.5 Å². The number of benzene rings is 1. The van der Waals surface area contributed by atoms with Gasteiger partial charge in [-0.1, -0.05) is 0 Å². The van der Waals surface area contributed by atoms with E-state index in [4.69, 9.17) is 14.2 Å². The van der Waals surface area contributed by atoms with E-state index in [1.807, 2.05) is 13.1 Å². The highest BCUT2D eigenvalue weighted by Gasteiger charge is 2.37. The maximum atomic E-state index is 11.4. The van der Waals surface area contributed by atoms with Crippen LogP contribution < -0.4 is 24.2 Å². The Balaban J connectivity index is 2.23.